The molecular formula is C17H26N2. The first kappa shape index (κ1) is 13.0. The highest BCUT2D eigenvalue weighted by Crippen LogP contribution is 2.33. The van der Waals surface area contributed by atoms with Crippen LogP contribution in [0.2, 0.25) is 0 Å². The molecule has 1 aromatic carbocycles. The van der Waals surface area contributed by atoms with Crippen LogP contribution in [0.1, 0.15) is 50.5 Å². The Morgan fingerprint density at radius 3 is 3.00 bits per heavy atom. The number of nitrogens with one attached hydrogen (secondary N) is 1. The van der Waals surface area contributed by atoms with Crippen molar-refractivity contribution in [2.75, 3.05) is 25.0 Å². The zero-order valence-corrected chi connectivity index (χ0v) is 12.1. The summed E-state index contributed by atoms with van der Waals surface area (Å²) in [4.78, 5) is 2.74. The van der Waals surface area contributed by atoms with Gasteiger partial charge in [0.05, 0.1) is 0 Å². The fraction of sp³-hybridized carbons (Fsp3) is 0.647. The molecule has 0 bridgehead atoms. The lowest BCUT2D eigenvalue weighted by Gasteiger charge is -2.34. The van der Waals surface area contributed by atoms with Gasteiger partial charge in [-0.1, -0.05) is 31.0 Å². The van der Waals surface area contributed by atoms with Crippen molar-refractivity contribution >= 4 is 5.69 Å². The summed E-state index contributed by atoms with van der Waals surface area (Å²) in [6.45, 7) is 6.09. The molecule has 1 aromatic rings. The Morgan fingerprint density at radius 2 is 2.05 bits per heavy atom. The van der Waals surface area contributed by atoms with E-state index in [0.717, 1.165) is 18.5 Å². The quantitative estimate of drug-likeness (QED) is 0.867. The van der Waals surface area contributed by atoms with Gasteiger partial charge >= 0.3 is 0 Å². The largest absolute Gasteiger partial charge is 0.385 e. The highest BCUT2D eigenvalue weighted by Gasteiger charge is 2.25. The Morgan fingerprint density at radius 1 is 1.16 bits per heavy atom. The summed E-state index contributed by atoms with van der Waals surface area (Å²) >= 11 is 0. The van der Waals surface area contributed by atoms with E-state index in [2.05, 4.69) is 41.4 Å². The summed E-state index contributed by atoms with van der Waals surface area (Å²) in [5, 5.41) is 3.53. The number of rotatable bonds is 2. The van der Waals surface area contributed by atoms with Gasteiger partial charge in [0, 0.05) is 30.7 Å². The van der Waals surface area contributed by atoms with Crippen molar-refractivity contribution in [2.24, 2.45) is 0 Å². The van der Waals surface area contributed by atoms with Gasteiger partial charge in [-0.2, -0.15) is 0 Å². The third-order valence-electron chi connectivity index (χ3n) is 4.85. The van der Waals surface area contributed by atoms with E-state index in [-0.39, 0.29) is 0 Å². The lowest BCUT2D eigenvalue weighted by Crippen LogP contribution is -2.37. The monoisotopic (exact) mass is 258 g/mol. The normalized spacial score (nSPS) is 28.3. The second kappa shape index (κ2) is 5.96. The summed E-state index contributed by atoms with van der Waals surface area (Å²) in [5.41, 5.74) is 2.89. The molecule has 0 aliphatic carbocycles. The van der Waals surface area contributed by atoms with E-state index in [9.17, 15) is 0 Å². The van der Waals surface area contributed by atoms with Gasteiger partial charge in [0.2, 0.25) is 0 Å². The van der Waals surface area contributed by atoms with Crippen LogP contribution in [0.15, 0.2) is 24.3 Å². The Bertz CT molecular complexity index is 415. The van der Waals surface area contributed by atoms with E-state index in [4.69, 9.17) is 0 Å². The zero-order valence-electron chi connectivity index (χ0n) is 12.1. The smallest absolute Gasteiger partial charge is 0.0376 e. The molecule has 0 amide bonds. The Labute approximate surface area is 117 Å². The van der Waals surface area contributed by atoms with Crippen LogP contribution in [0.4, 0.5) is 5.69 Å². The summed E-state index contributed by atoms with van der Waals surface area (Å²) in [6, 6.07) is 9.64. The molecule has 1 fully saturated rings. The molecule has 1 N–H and O–H groups in total. The van der Waals surface area contributed by atoms with Gasteiger partial charge in [-0.25, -0.2) is 0 Å². The van der Waals surface area contributed by atoms with Gasteiger partial charge in [0.1, 0.15) is 0 Å². The van der Waals surface area contributed by atoms with Crippen molar-refractivity contribution in [2.45, 2.75) is 51.0 Å². The molecule has 2 unspecified atom stereocenters. The van der Waals surface area contributed by atoms with Gasteiger partial charge in [-0.05, 0) is 44.4 Å². The maximum atomic E-state index is 3.53. The average molecular weight is 258 g/mol. The van der Waals surface area contributed by atoms with Gasteiger partial charge in [0.15, 0.2) is 0 Å². The molecule has 19 heavy (non-hydrogen) atoms. The molecular weight excluding hydrogens is 232 g/mol. The van der Waals surface area contributed by atoms with Gasteiger partial charge in [-0.15, -0.1) is 0 Å². The molecule has 2 nitrogen and oxygen atoms in total. The van der Waals surface area contributed by atoms with E-state index in [0.29, 0.717) is 0 Å². The molecule has 2 atom stereocenters. The number of likely N-dealkylation sites (tertiary alicyclic amines) is 1. The molecule has 2 heteroatoms. The minimum atomic E-state index is 0.720. The lowest BCUT2D eigenvalue weighted by atomic mass is 9.90. The first-order chi connectivity index (χ1) is 9.34. The van der Waals surface area contributed by atoms with Crippen LogP contribution < -0.4 is 5.32 Å². The van der Waals surface area contributed by atoms with Gasteiger partial charge in [0.25, 0.3) is 0 Å². The van der Waals surface area contributed by atoms with Crippen molar-refractivity contribution in [1.82, 2.24) is 4.90 Å². The molecule has 0 aromatic heterocycles. The molecule has 2 aliphatic heterocycles. The van der Waals surface area contributed by atoms with Crippen LogP contribution in [0.5, 0.6) is 0 Å². The molecule has 104 valence electrons. The van der Waals surface area contributed by atoms with E-state index >= 15 is 0 Å². The van der Waals surface area contributed by atoms with E-state index < -0.39 is 0 Å². The number of nitrogens with zero attached hydrogens (tertiary/aromatic N) is 1. The molecule has 2 aliphatic rings. The van der Waals surface area contributed by atoms with Gasteiger partial charge < -0.3 is 10.2 Å². The molecule has 0 radical (unpaired) electrons. The molecule has 3 rings (SSSR count). The zero-order chi connectivity index (χ0) is 13.1. The SMILES string of the molecule is CC1CCCCCN1CC1CCNc2ccccc21. The second-order valence-corrected chi connectivity index (χ2v) is 6.19. The third kappa shape index (κ3) is 2.94. The Balaban J connectivity index is 1.73. The minimum Gasteiger partial charge on any atom is -0.385 e. The van der Waals surface area contributed by atoms with Crippen LogP contribution in [-0.4, -0.2) is 30.6 Å². The maximum absolute atomic E-state index is 3.53. The van der Waals surface area contributed by atoms with Crippen LogP contribution in [0.3, 0.4) is 0 Å². The van der Waals surface area contributed by atoms with Crippen molar-refractivity contribution < 1.29 is 0 Å². The fourth-order valence-electron chi connectivity index (χ4n) is 3.63. The number of hydrogen-bond donors (Lipinski definition) is 1. The summed E-state index contributed by atoms with van der Waals surface area (Å²) in [6.07, 6.45) is 6.88. The summed E-state index contributed by atoms with van der Waals surface area (Å²) < 4.78 is 0. The van der Waals surface area contributed by atoms with Crippen molar-refractivity contribution in [3.63, 3.8) is 0 Å². The molecule has 0 saturated carbocycles. The number of para-hydroxylation sites is 1. The topological polar surface area (TPSA) is 15.3 Å². The van der Waals surface area contributed by atoms with Crippen molar-refractivity contribution in [3.05, 3.63) is 29.8 Å². The van der Waals surface area contributed by atoms with Crippen LogP contribution >= 0.6 is 0 Å². The minimum absolute atomic E-state index is 0.720. The van der Waals surface area contributed by atoms with Crippen molar-refractivity contribution in [3.8, 4) is 0 Å². The Hall–Kier alpha value is -1.02. The highest BCUT2D eigenvalue weighted by atomic mass is 15.2. The predicted molar refractivity (Wildman–Crippen MR) is 81.8 cm³/mol. The Kier molecular flexibility index (Phi) is 4.07. The summed E-state index contributed by atoms with van der Waals surface area (Å²) in [7, 11) is 0. The standard InChI is InChI=1S/C17H26N2/c1-14-7-3-2-6-12-19(14)13-15-10-11-18-17-9-5-4-8-16(15)17/h4-5,8-9,14-15,18H,2-3,6-7,10-13H2,1H3. The number of fused-ring (bicyclic) bond motifs is 1. The number of anilines is 1. The molecule has 0 spiro atoms. The molecule has 1 saturated heterocycles. The van der Waals surface area contributed by atoms with Crippen molar-refractivity contribution in [1.29, 1.82) is 0 Å². The average Bonchev–Trinajstić information content (AvgIpc) is 2.65. The van der Waals surface area contributed by atoms with Crippen LogP contribution in [0.25, 0.3) is 0 Å². The number of hydrogen-bond acceptors (Lipinski definition) is 2. The molecule has 2 heterocycles. The first-order valence-electron chi connectivity index (χ1n) is 7.91. The predicted octanol–water partition coefficient (Wildman–Crippen LogP) is 3.85. The first-order valence-corrected chi connectivity index (χ1v) is 7.91. The summed E-state index contributed by atoms with van der Waals surface area (Å²) in [5.74, 6) is 0.720. The van der Waals surface area contributed by atoms with Crippen LogP contribution in [0, 0.1) is 0 Å². The van der Waals surface area contributed by atoms with E-state index in [1.54, 1.807) is 0 Å². The number of benzene rings is 1. The van der Waals surface area contributed by atoms with E-state index in [1.807, 2.05) is 0 Å². The fourth-order valence-corrected chi connectivity index (χ4v) is 3.63. The maximum Gasteiger partial charge on any atom is 0.0376 e. The van der Waals surface area contributed by atoms with Crippen LogP contribution in [-0.2, 0) is 0 Å². The third-order valence-corrected chi connectivity index (χ3v) is 4.85. The lowest BCUT2D eigenvalue weighted by molar-refractivity contribution is 0.197. The highest BCUT2D eigenvalue weighted by molar-refractivity contribution is 5.54. The second-order valence-electron chi connectivity index (χ2n) is 6.19. The van der Waals surface area contributed by atoms with Gasteiger partial charge in [-0.3, -0.25) is 0 Å². The van der Waals surface area contributed by atoms with E-state index in [1.165, 1.54) is 56.4 Å².